The number of allylic oxidation sites excluding steroid dienone is 1. The normalized spacial score (nSPS) is 25.3. The zero-order valence-electron chi connectivity index (χ0n) is 12.7. The van der Waals surface area contributed by atoms with Gasteiger partial charge in [-0.05, 0) is 70.5 Å². The van der Waals surface area contributed by atoms with Gasteiger partial charge in [0, 0.05) is 0 Å². The molecule has 1 heterocycles. The molecule has 0 aromatic carbocycles. The molecule has 0 bridgehead atoms. The Kier molecular flexibility index (Phi) is 5.20. The fourth-order valence-electron chi connectivity index (χ4n) is 3.48. The summed E-state index contributed by atoms with van der Waals surface area (Å²) in [5, 5.41) is 0. The Morgan fingerprint density at radius 3 is 2.53 bits per heavy atom. The van der Waals surface area contributed by atoms with Crippen molar-refractivity contribution in [3.05, 3.63) is 11.6 Å². The lowest BCUT2D eigenvalue weighted by Gasteiger charge is -2.37. The van der Waals surface area contributed by atoms with E-state index >= 15 is 0 Å². The lowest BCUT2D eigenvalue weighted by molar-refractivity contribution is -0.126. The summed E-state index contributed by atoms with van der Waals surface area (Å²) in [5.41, 5.74) is 0.873. The molecule has 0 N–H and O–H groups in total. The van der Waals surface area contributed by atoms with Gasteiger partial charge in [-0.2, -0.15) is 0 Å². The van der Waals surface area contributed by atoms with Crippen LogP contribution in [0.15, 0.2) is 11.6 Å². The molecule has 0 saturated carbocycles. The van der Waals surface area contributed by atoms with Crippen LogP contribution in [0.1, 0.15) is 71.6 Å². The van der Waals surface area contributed by atoms with E-state index < -0.39 is 0 Å². The molecule has 0 aromatic rings. The molecule has 1 aliphatic heterocycles. The van der Waals surface area contributed by atoms with Gasteiger partial charge in [0.2, 0.25) is 0 Å². The molecular formula is C17H29NO. The molecule has 1 aliphatic carbocycles. The molecule has 1 saturated heterocycles. The van der Waals surface area contributed by atoms with Gasteiger partial charge < -0.3 is 0 Å². The Bertz CT molecular complexity index is 341. The average Bonchev–Trinajstić information content (AvgIpc) is 2.91. The average molecular weight is 263 g/mol. The second-order valence-electron chi connectivity index (χ2n) is 6.33. The highest BCUT2D eigenvalue weighted by Crippen LogP contribution is 2.30. The van der Waals surface area contributed by atoms with Gasteiger partial charge >= 0.3 is 0 Å². The van der Waals surface area contributed by atoms with Crippen LogP contribution in [-0.2, 0) is 4.79 Å². The quantitative estimate of drug-likeness (QED) is 0.761. The van der Waals surface area contributed by atoms with Gasteiger partial charge in [-0.15, -0.1) is 0 Å². The highest BCUT2D eigenvalue weighted by atomic mass is 16.1. The number of Topliss-reactive ketones (excluding diaryl/α,β-unsaturated/α-hetero) is 1. The minimum absolute atomic E-state index is 0.248. The SMILES string of the molecule is CCC(C)(C(=O)C1=CCCCCCC1)N1CCCC1. The molecular weight excluding hydrogens is 234 g/mol. The molecule has 1 unspecified atom stereocenters. The van der Waals surface area contributed by atoms with Crippen LogP contribution in [0, 0.1) is 0 Å². The van der Waals surface area contributed by atoms with E-state index in [1.807, 2.05) is 0 Å². The Morgan fingerprint density at radius 2 is 1.84 bits per heavy atom. The summed E-state index contributed by atoms with van der Waals surface area (Å²) in [7, 11) is 0. The fourth-order valence-corrected chi connectivity index (χ4v) is 3.48. The highest BCUT2D eigenvalue weighted by molar-refractivity contribution is 6.02. The minimum Gasteiger partial charge on any atom is -0.292 e. The number of carbonyl (C=O) groups excluding carboxylic acids is 1. The molecule has 0 spiro atoms. The van der Waals surface area contributed by atoms with E-state index in [9.17, 15) is 4.79 Å². The first-order valence-corrected chi connectivity index (χ1v) is 8.17. The van der Waals surface area contributed by atoms with Crippen LogP contribution in [-0.4, -0.2) is 29.3 Å². The van der Waals surface area contributed by atoms with Gasteiger partial charge in [0.1, 0.15) is 0 Å². The standard InChI is InChI=1S/C17H29NO/c1-3-17(2,18-13-9-10-14-18)16(19)15-11-7-5-4-6-8-12-15/h11H,3-10,12-14H2,1-2H3. The number of likely N-dealkylation sites (tertiary alicyclic amines) is 1. The molecule has 2 heteroatoms. The molecule has 0 aromatic heterocycles. The second kappa shape index (κ2) is 6.69. The van der Waals surface area contributed by atoms with Crippen molar-refractivity contribution < 1.29 is 4.79 Å². The minimum atomic E-state index is -0.248. The third-order valence-corrected chi connectivity index (χ3v) is 5.06. The highest BCUT2D eigenvalue weighted by Gasteiger charge is 2.39. The summed E-state index contributed by atoms with van der Waals surface area (Å²) >= 11 is 0. The van der Waals surface area contributed by atoms with E-state index in [1.54, 1.807) is 0 Å². The number of hydrogen-bond donors (Lipinski definition) is 0. The van der Waals surface area contributed by atoms with Gasteiger partial charge in [-0.1, -0.05) is 25.8 Å². The molecule has 2 nitrogen and oxygen atoms in total. The van der Waals surface area contributed by atoms with Crippen LogP contribution in [0.3, 0.4) is 0 Å². The van der Waals surface area contributed by atoms with Crippen LogP contribution >= 0.6 is 0 Å². The number of rotatable bonds is 4. The monoisotopic (exact) mass is 263 g/mol. The first kappa shape index (κ1) is 14.8. The number of ketones is 1. The van der Waals surface area contributed by atoms with Crippen molar-refractivity contribution >= 4 is 5.78 Å². The largest absolute Gasteiger partial charge is 0.292 e. The van der Waals surface area contributed by atoms with Crippen LogP contribution in [0.4, 0.5) is 0 Å². The third kappa shape index (κ3) is 3.28. The molecule has 108 valence electrons. The van der Waals surface area contributed by atoms with Gasteiger partial charge in [0.15, 0.2) is 5.78 Å². The van der Waals surface area contributed by atoms with Crippen molar-refractivity contribution in [2.24, 2.45) is 0 Å². The lowest BCUT2D eigenvalue weighted by atomic mass is 9.83. The second-order valence-corrected chi connectivity index (χ2v) is 6.33. The summed E-state index contributed by atoms with van der Waals surface area (Å²) in [5.74, 6) is 0.416. The van der Waals surface area contributed by atoms with E-state index in [-0.39, 0.29) is 5.54 Å². The van der Waals surface area contributed by atoms with Crippen LogP contribution in [0.5, 0.6) is 0 Å². The van der Waals surface area contributed by atoms with Crippen molar-refractivity contribution in [2.45, 2.75) is 77.2 Å². The van der Waals surface area contributed by atoms with Crippen molar-refractivity contribution in [1.82, 2.24) is 4.90 Å². The first-order chi connectivity index (χ1) is 9.18. The number of carbonyl (C=O) groups is 1. The number of nitrogens with zero attached hydrogens (tertiary/aromatic N) is 1. The first-order valence-electron chi connectivity index (χ1n) is 8.17. The Labute approximate surface area is 118 Å². The molecule has 1 atom stereocenters. The van der Waals surface area contributed by atoms with Gasteiger partial charge in [-0.3, -0.25) is 9.69 Å². The smallest absolute Gasteiger partial charge is 0.178 e. The molecule has 0 radical (unpaired) electrons. The Balaban J connectivity index is 2.14. The van der Waals surface area contributed by atoms with Crippen LogP contribution < -0.4 is 0 Å². The predicted octanol–water partition coefficient (Wildman–Crippen LogP) is 4.10. The third-order valence-electron chi connectivity index (χ3n) is 5.06. The zero-order chi connectivity index (χ0) is 13.7. The van der Waals surface area contributed by atoms with Crippen molar-refractivity contribution in [1.29, 1.82) is 0 Å². The van der Waals surface area contributed by atoms with Crippen molar-refractivity contribution in [2.75, 3.05) is 13.1 Å². The number of hydrogen-bond acceptors (Lipinski definition) is 2. The maximum Gasteiger partial charge on any atom is 0.178 e. The maximum atomic E-state index is 13.0. The summed E-state index contributed by atoms with van der Waals surface area (Å²) in [6, 6.07) is 0. The van der Waals surface area contributed by atoms with Gasteiger partial charge in [0.25, 0.3) is 0 Å². The molecule has 0 amide bonds. The molecule has 19 heavy (non-hydrogen) atoms. The van der Waals surface area contributed by atoms with Crippen molar-refractivity contribution in [3.8, 4) is 0 Å². The van der Waals surface area contributed by atoms with E-state index in [1.165, 1.54) is 38.5 Å². The summed E-state index contributed by atoms with van der Waals surface area (Å²) in [6.45, 7) is 6.53. The van der Waals surface area contributed by atoms with Gasteiger partial charge in [-0.25, -0.2) is 0 Å². The molecule has 2 rings (SSSR count). The molecule has 2 aliphatic rings. The van der Waals surface area contributed by atoms with Crippen LogP contribution in [0.25, 0.3) is 0 Å². The zero-order valence-corrected chi connectivity index (χ0v) is 12.7. The van der Waals surface area contributed by atoms with E-state index in [0.717, 1.165) is 37.9 Å². The summed E-state index contributed by atoms with van der Waals surface area (Å²) < 4.78 is 0. The van der Waals surface area contributed by atoms with E-state index in [4.69, 9.17) is 0 Å². The Morgan fingerprint density at radius 1 is 1.16 bits per heavy atom. The Hall–Kier alpha value is -0.630. The van der Waals surface area contributed by atoms with E-state index in [2.05, 4.69) is 24.8 Å². The maximum absolute atomic E-state index is 13.0. The fraction of sp³-hybridized carbons (Fsp3) is 0.824. The topological polar surface area (TPSA) is 20.3 Å². The predicted molar refractivity (Wildman–Crippen MR) is 80.3 cm³/mol. The van der Waals surface area contributed by atoms with Crippen LogP contribution in [0.2, 0.25) is 0 Å². The molecule has 1 fully saturated rings. The summed E-state index contributed by atoms with van der Waals surface area (Å²) in [4.78, 5) is 15.4. The summed E-state index contributed by atoms with van der Waals surface area (Å²) in [6.07, 6.45) is 12.8. The van der Waals surface area contributed by atoms with Gasteiger partial charge in [0.05, 0.1) is 5.54 Å². The lowest BCUT2D eigenvalue weighted by Crippen LogP contribution is -2.51. The van der Waals surface area contributed by atoms with Crippen molar-refractivity contribution in [3.63, 3.8) is 0 Å². The van der Waals surface area contributed by atoms with E-state index in [0.29, 0.717) is 5.78 Å².